The fourth-order valence-corrected chi connectivity index (χ4v) is 3.51. The lowest BCUT2D eigenvalue weighted by Gasteiger charge is -2.33. The Bertz CT molecular complexity index is 555. The number of hydrogen-bond donors (Lipinski definition) is 1. The van der Waals surface area contributed by atoms with Crippen LogP contribution in [0.15, 0.2) is 6.33 Å². The van der Waals surface area contributed by atoms with E-state index >= 15 is 0 Å². The molecule has 1 unspecified atom stereocenters. The molecule has 1 atom stereocenters. The average molecular weight is 319 g/mol. The van der Waals surface area contributed by atoms with Gasteiger partial charge in [-0.2, -0.15) is 0 Å². The molecule has 1 aliphatic heterocycles. The summed E-state index contributed by atoms with van der Waals surface area (Å²) in [5.41, 5.74) is 0. The van der Waals surface area contributed by atoms with Gasteiger partial charge >= 0.3 is 6.03 Å². The lowest BCUT2D eigenvalue weighted by Crippen LogP contribution is -2.51. The maximum Gasteiger partial charge on any atom is 0.317 e. The van der Waals surface area contributed by atoms with Crippen molar-refractivity contribution in [2.45, 2.75) is 51.3 Å². The molecule has 0 aromatic carbocycles. The predicted molar refractivity (Wildman–Crippen MR) is 83.7 cm³/mol. The maximum absolute atomic E-state index is 12.7. The van der Waals surface area contributed by atoms with Crippen LogP contribution in [0.25, 0.3) is 0 Å². The van der Waals surface area contributed by atoms with E-state index in [1.807, 2.05) is 9.47 Å². The Morgan fingerprint density at radius 2 is 2.13 bits per heavy atom. The quantitative estimate of drug-likeness (QED) is 0.894. The van der Waals surface area contributed by atoms with Crippen LogP contribution in [-0.2, 0) is 11.3 Å². The first-order valence-electron chi connectivity index (χ1n) is 8.81. The number of aromatic nitrogens is 3. The van der Waals surface area contributed by atoms with Crippen molar-refractivity contribution >= 4 is 6.03 Å². The van der Waals surface area contributed by atoms with Crippen LogP contribution in [0.2, 0.25) is 0 Å². The molecule has 3 fully saturated rings. The molecule has 0 radical (unpaired) electrons. The number of amides is 2. The standard InChI is InChI=1S/C16H25N5O2/c1-2-20-10-17-19-15(20)13-9-21(7-8-23-13)16(22)18-14(11-3-4-11)12-5-6-12/h10-14H,2-9H2,1H3,(H,18,22). The summed E-state index contributed by atoms with van der Waals surface area (Å²) in [6.07, 6.45) is 6.62. The third-order valence-electron chi connectivity index (χ3n) is 5.18. The summed E-state index contributed by atoms with van der Waals surface area (Å²) in [7, 11) is 0. The summed E-state index contributed by atoms with van der Waals surface area (Å²) >= 11 is 0. The minimum atomic E-state index is -0.183. The van der Waals surface area contributed by atoms with Gasteiger partial charge in [0.15, 0.2) is 5.82 Å². The van der Waals surface area contributed by atoms with Gasteiger partial charge in [0.2, 0.25) is 0 Å². The second-order valence-electron chi connectivity index (χ2n) is 6.93. The summed E-state index contributed by atoms with van der Waals surface area (Å²) < 4.78 is 7.80. The first-order chi connectivity index (χ1) is 11.3. The number of aryl methyl sites for hydroxylation is 1. The Morgan fingerprint density at radius 1 is 1.39 bits per heavy atom. The third kappa shape index (κ3) is 3.20. The zero-order valence-corrected chi connectivity index (χ0v) is 13.6. The van der Waals surface area contributed by atoms with Crippen molar-refractivity contribution in [1.29, 1.82) is 0 Å². The molecule has 7 heteroatoms. The highest BCUT2D eigenvalue weighted by Gasteiger charge is 2.43. The zero-order chi connectivity index (χ0) is 15.8. The minimum Gasteiger partial charge on any atom is -0.366 e. The lowest BCUT2D eigenvalue weighted by atomic mass is 10.1. The number of nitrogens with zero attached hydrogens (tertiary/aromatic N) is 4. The number of rotatable bonds is 5. The average Bonchev–Trinajstić information content (AvgIpc) is 3.51. The molecule has 126 valence electrons. The molecule has 3 aliphatic rings. The Kier molecular flexibility index (Phi) is 3.97. The van der Waals surface area contributed by atoms with E-state index in [0.717, 1.165) is 12.4 Å². The number of urea groups is 1. The number of morpholine rings is 1. The molecule has 1 aromatic rings. The number of carbonyl (C=O) groups is 1. The van der Waals surface area contributed by atoms with E-state index in [0.29, 0.717) is 37.6 Å². The Labute approximate surface area is 136 Å². The zero-order valence-electron chi connectivity index (χ0n) is 13.6. The van der Waals surface area contributed by atoms with Crippen molar-refractivity contribution in [3.8, 4) is 0 Å². The molecule has 1 saturated heterocycles. The first-order valence-corrected chi connectivity index (χ1v) is 8.81. The van der Waals surface area contributed by atoms with Gasteiger partial charge in [0.25, 0.3) is 0 Å². The van der Waals surface area contributed by atoms with Gasteiger partial charge < -0.3 is 19.5 Å². The highest BCUT2D eigenvalue weighted by Crippen LogP contribution is 2.44. The predicted octanol–water partition coefficient (Wildman–Crippen LogP) is 1.57. The molecule has 0 spiro atoms. The van der Waals surface area contributed by atoms with E-state index < -0.39 is 0 Å². The summed E-state index contributed by atoms with van der Waals surface area (Å²) in [5, 5.41) is 11.4. The number of nitrogens with one attached hydrogen (secondary N) is 1. The molecule has 2 aliphatic carbocycles. The molecule has 23 heavy (non-hydrogen) atoms. The summed E-state index contributed by atoms with van der Waals surface area (Å²) in [5.74, 6) is 2.24. The van der Waals surface area contributed by atoms with Gasteiger partial charge in [0.1, 0.15) is 12.4 Å². The smallest absolute Gasteiger partial charge is 0.317 e. The van der Waals surface area contributed by atoms with Gasteiger partial charge in [0, 0.05) is 19.1 Å². The van der Waals surface area contributed by atoms with E-state index in [9.17, 15) is 4.79 Å². The molecule has 4 rings (SSSR count). The normalized spacial score (nSPS) is 25.0. The molecule has 2 amide bonds. The summed E-state index contributed by atoms with van der Waals surface area (Å²) in [4.78, 5) is 14.5. The lowest BCUT2D eigenvalue weighted by molar-refractivity contribution is -0.0222. The van der Waals surface area contributed by atoms with Crippen LogP contribution in [0.4, 0.5) is 4.79 Å². The van der Waals surface area contributed by atoms with Crippen molar-refractivity contribution < 1.29 is 9.53 Å². The van der Waals surface area contributed by atoms with Crippen LogP contribution in [0.3, 0.4) is 0 Å². The Balaban J connectivity index is 1.39. The largest absolute Gasteiger partial charge is 0.366 e. The van der Waals surface area contributed by atoms with Crippen LogP contribution in [-0.4, -0.2) is 51.4 Å². The van der Waals surface area contributed by atoms with E-state index in [2.05, 4.69) is 22.4 Å². The van der Waals surface area contributed by atoms with Gasteiger partial charge in [-0.05, 0) is 44.4 Å². The van der Waals surface area contributed by atoms with Crippen LogP contribution < -0.4 is 5.32 Å². The van der Waals surface area contributed by atoms with Crippen molar-refractivity contribution in [2.24, 2.45) is 11.8 Å². The molecule has 1 aromatic heterocycles. The SMILES string of the molecule is CCn1cnnc1C1CN(C(=O)NC(C2CC2)C2CC2)CCO1. The van der Waals surface area contributed by atoms with E-state index in [1.165, 1.54) is 25.7 Å². The number of hydrogen-bond acceptors (Lipinski definition) is 4. The van der Waals surface area contributed by atoms with E-state index in [-0.39, 0.29) is 12.1 Å². The molecule has 7 nitrogen and oxygen atoms in total. The van der Waals surface area contributed by atoms with Crippen LogP contribution in [0.5, 0.6) is 0 Å². The monoisotopic (exact) mass is 319 g/mol. The Morgan fingerprint density at radius 3 is 2.78 bits per heavy atom. The number of ether oxygens (including phenoxy) is 1. The highest BCUT2D eigenvalue weighted by molar-refractivity contribution is 5.74. The highest BCUT2D eigenvalue weighted by atomic mass is 16.5. The molecular formula is C16H25N5O2. The minimum absolute atomic E-state index is 0.0599. The molecule has 2 heterocycles. The molecule has 2 saturated carbocycles. The van der Waals surface area contributed by atoms with Gasteiger partial charge in [0.05, 0.1) is 13.2 Å². The summed E-state index contributed by atoms with van der Waals surface area (Å²) in [6.45, 7) is 4.60. The van der Waals surface area contributed by atoms with Gasteiger partial charge in [-0.1, -0.05) is 0 Å². The van der Waals surface area contributed by atoms with Crippen molar-refractivity contribution in [2.75, 3.05) is 19.7 Å². The molecule has 0 bridgehead atoms. The molecular weight excluding hydrogens is 294 g/mol. The van der Waals surface area contributed by atoms with Crippen LogP contribution in [0.1, 0.15) is 44.5 Å². The van der Waals surface area contributed by atoms with Gasteiger partial charge in [-0.3, -0.25) is 0 Å². The number of carbonyl (C=O) groups excluding carboxylic acids is 1. The maximum atomic E-state index is 12.7. The third-order valence-corrected chi connectivity index (χ3v) is 5.18. The topological polar surface area (TPSA) is 72.3 Å². The van der Waals surface area contributed by atoms with Gasteiger partial charge in [-0.15, -0.1) is 10.2 Å². The van der Waals surface area contributed by atoms with Crippen molar-refractivity contribution in [3.63, 3.8) is 0 Å². The van der Waals surface area contributed by atoms with E-state index in [4.69, 9.17) is 4.74 Å². The van der Waals surface area contributed by atoms with E-state index in [1.54, 1.807) is 6.33 Å². The van der Waals surface area contributed by atoms with Crippen LogP contribution in [0, 0.1) is 11.8 Å². The first kappa shape index (κ1) is 14.9. The second kappa shape index (κ2) is 6.11. The second-order valence-corrected chi connectivity index (χ2v) is 6.93. The summed E-state index contributed by atoms with van der Waals surface area (Å²) in [6, 6.07) is 0.452. The molecule has 1 N–H and O–H groups in total. The Hall–Kier alpha value is -1.63. The van der Waals surface area contributed by atoms with Crippen molar-refractivity contribution in [1.82, 2.24) is 25.0 Å². The fraction of sp³-hybridized carbons (Fsp3) is 0.812. The fourth-order valence-electron chi connectivity index (χ4n) is 3.51. The van der Waals surface area contributed by atoms with Crippen LogP contribution >= 0.6 is 0 Å². The van der Waals surface area contributed by atoms with Crippen molar-refractivity contribution in [3.05, 3.63) is 12.2 Å². The van der Waals surface area contributed by atoms with Gasteiger partial charge in [-0.25, -0.2) is 4.79 Å².